The van der Waals surface area contributed by atoms with Crippen LogP contribution in [0.25, 0.3) is 11.3 Å². The number of rotatable bonds is 2. The zero-order chi connectivity index (χ0) is 11.5. The van der Waals surface area contributed by atoms with Crippen molar-refractivity contribution in [1.29, 1.82) is 0 Å². The smallest absolute Gasteiger partial charge is 0.136 e. The molecule has 0 aliphatic carbocycles. The van der Waals surface area contributed by atoms with Crippen molar-refractivity contribution in [3.05, 3.63) is 41.1 Å². The van der Waals surface area contributed by atoms with E-state index >= 15 is 0 Å². The average Bonchev–Trinajstić information content (AvgIpc) is 2.28. The second-order valence-corrected chi connectivity index (χ2v) is 3.95. The highest BCUT2D eigenvalue weighted by Gasteiger charge is 2.10. The van der Waals surface area contributed by atoms with E-state index in [9.17, 15) is 0 Å². The Morgan fingerprint density at radius 2 is 2.06 bits per heavy atom. The number of aryl methyl sites for hydroxylation is 1. The molecular weight excluding hydrogens is 222 g/mol. The van der Waals surface area contributed by atoms with E-state index in [-0.39, 0.29) is 0 Å². The molecule has 16 heavy (non-hydrogen) atoms. The second-order valence-electron chi connectivity index (χ2n) is 3.60. The predicted octanol–water partition coefficient (Wildman–Crippen LogP) is 3.06. The van der Waals surface area contributed by atoms with Crippen molar-refractivity contribution in [3.63, 3.8) is 0 Å². The van der Waals surface area contributed by atoms with Crippen LogP contribution in [0.4, 0.5) is 0 Å². The largest absolute Gasteiger partial charge is 0.264 e. The van der Waals surface area contributed by atoms with Crippen molar-refractivity contribution in [2.75, 3.05) is 0 Å². The Kier molecular flexibility index (Phi) is 3.15. The van der Waals surface area contributed by atoms with Crippen LogP contribution in [0.1, 0.15) is 18.1 Å². The van der Waals surface area contributed by atoms with Crippen LogP contribution in [0.3, 0.4) is 0 Å². The van der Waals surface area contributed by atoms with Crippen LogP contribution in [-0.4, -0.2) is 15.0 Å². The number of nitrogens with zero attached hydrogens (tertiary/aromatic N) is 3. The molecule has 0 unspecified atom stereocenters. The van der Waals surface area contributed by atoms with Gasteiger partial charge in [-0.1, -0.05) is 18.5 Å². The van der Waals surface area contributed by atoms with Gasteiger partial charge in [-0.05, 0) is 25.0 Å². The number of hydrogen-bond acceptors (Lipinski definition) is 3. The first-order valence-electron chi connectivity index (χ1n) is 5.13. The van der Waals surface area contributed by atoms with Gasteiger partial charge in [0.15, 0.2) is 0 Å². The minimum atomic E-state index is 0.522. The van der Waals surface area contributed by atoms with E-state index in [0.717, 1.165) is 28.8 Å². The fourth-order valence-corrected chi connectivity index (χ4v) is 1.90. The van der Waals surface area contributed by atoms with Crippen LogP contribution in [0.5, 0.6) is 0 Å². The number of hydrogen-bond donors (Lipinski definition) is 0. The molecule has 0 amide bonds. The van der Waals surface area contributed by atoms with Gasteiger partial charge in [-0.15, -0.1) is 0 Å². The fraction of sp³-hybridized carbons (Fsp3) is 0.250. The summed E-state index contributed by atoms with van der Waals surface area (Å²) >= 11 is 6.05. The van der Waals surface area contributed by atoms with Gasteiger partial charge in [-0.25, -0.2) is 9.97 Å². The van der Waals surface area contributed by atoms with Crippen LogP contribution in [0.15, 0.2) is 24.8 Å². The van der Waals surface area contributed by atoms with E-state index in [0.29, 0.717) is 5.15 Å². The quantitative estimate of drug-likeness (QED) is 0.749. The zero-order valence-electron chi connectivity index (χ0n) is 9.24. The molecule has 0 atom stereocenters. The van der Waals surface area contributed by atoms with Gasteiger partial charge in [0.1, 0.15) is 11.5 Å². The van der Waals surface area contributed by atoms with Gasteiger partial charge in [-0.3, -0.25) is 4.98 Å². The summed E-state index contributed by atoms with van der Waals surface area (Å²) in [4.78, 5) is 12.4. The van der Waals surface area contributed by atoms with Crippen molar-refractivity contribution in [3.8, 4) is 11.3 Å². The molecule has 2 aromatic heterocycles. The molecule has 0 bridgehead atoms. The lowest BCUT2D eigenvalue weighted by molar-refractivity contribution is 1.05. The zero-order valence-corrected chi connectivity index (χ0v) is 9.99. The lowest BCUT2D eigenvalue weighted by Gasteiger charge is -2.07. The average molecular weight is 234 g/mol. The SMILES string of the molecule is CCc1c(Cl)ncnc1-c1cncc(C)c1. The van der Waals surface area contributed by atoms with Crippen molar-refractivity contribution in [2.24, 2.45) is 0 Å². The summed E-state index contributed by atoms with van der Waals surface area (Å²) in [5.74, 6) is 0. The first-order chi connectivity index (χ1) is 7.72. The highest BCUT2D eigenvalue weighted by atomic mass is 35.5. The van der Waals surface area contributed by atoms with Crippen molar-refractivity contribution in [1.82, 2.24) is 15.0 Å². The molecule has 2 aromatic rings. The van der Waals surface area contributed by atoms with E-state index in [1.54, 1.807) is 6.20 Å². The van der Waals surface area contributed by atoms with Crippen molar-refractivity contribution < 1.29 is 0 Å². The van der Waals surface area contributed by atoms with E-state index in [1.807, 2.05) is 26.1 Å². The molecule has 82 valence electrons. The molecule has 0 fully saturated rings. The molecule has 4 heteroatoms. The second kappa shape index (κ2) is 4.58. The maximum Gasteiger partial charge on any atom is 0.136 e. The summed E-state index contributed by atoms with van der Waals surface area (Å²) in [5, 5.41) is 0.522. The highest BCUT2D eigenvalue weighted by molar-refractivity contribution is 6.30. The summed E-state index contributed by atoms with van der Waals surface area (Å²) in [6, 6.07) is 2.05. The van der Waals surface area contributed by atoms with Crippen LogP contribution in [0.2, 0.25) is 5.15 Å². The first kappa shape index (κ1) is 11.0. The summed E-state index contributed by atoms with van der Waals surface area (Å²) < 4.78 is 0. The molecule has 0 saturated heterocycles. The van der Waals surface area contributed by atoms with E-state index in [1.165, 1.54) is 6.33 Å². The molecule has 0 aliphatic heterocycles. The third kappa shape index (κ3) is 2.04. The van der Waals surface area contributed by atoms with E-state index < -0.39 is 0 Å². The minimum Gasteiger partial charge on any atom is -0.264 e. The monoisotopic (exact) mass is 233 g/mol. The van der Waals surface area contributed by atoms with Gasteiger partial charge >= 0.3 is 0 Å². The van der Waals surface area contributed by atoms with Crippen molar-refractivity contribution in [2.45, 2.75) is 20.3 Å². The van der Waals surface area contributed by atoms with Crippen LogP contribution in [0, 0.1) is 6.92 Å². The van der Waals surface area contributed by atoms with Crippen LogP contribution in [-0.2, 0) is 6.42 Å². The summed E-state index contributed by atoms with van der Waals surface area (Å²) in [6.45, 7) is 4.04. The molecule has 0 aliphatic rings. The Balaban J connectivity index is 2.60. The standard InChI is InChI=1S/C12H12ClN3/c1-3-10-11(15-7-16-12(10)13)9-4-8(2)5-14-6-9/h4-7H,3H2,1-2H3. The lowest BCUT2D eigenvalue weighted by Crippen LogP contribution is -1.96. The fourth-order valence-electron chi connectivity index (χ4n) is 1.64. The third-order valence-corrected chi connectivity index (χ3v) is 2.72. The normalized spacial score (nSPS) is 10.4. The Morgan fingerprint density at radius 1 is 1.25 bits per heavy atom. The van der Waals surface area contributed by atoms with Gasteiger partial charge in [0.25, 0.3) is 0 Å². The maximum atomic E-state index is 6.05. The van der Waals surface area contributed by atoms with Gasteiger partial charge in [0, 0.05) is 23.5 Å². The summed E-state index contributed by atoms with van der Waals surface area (Å²) in [6.07, 6.45) is 5.91. The molecule has 3 nitrogen and oxygen atoms in total. The third-order valence-electron chi connectivity index (χ3n) is 2.39. The molecule has 0 N–H and O–H groups in total. The van der Waals surface area contributed by atoms with Gasteiger partial charge < -0.3 is 0 Å². The Morgan fingerprint density at radius 3 is 2.75 bits per heavy atom. The van der Waals surface area contributed by atoms with Crippen molar-refractivity contribution >= 4 is 11.6 Å². The lowest BCUT2D eigenvalue weighted by atomic mass is 10.1. The number of halogens is 1. The Labute approximate surface area is 99.5 Å². The molecule has 2 heterocycles. The number of aromatic nitrogens is 3. The molecule has 0 aromatic carbocycles. The molecule has 0 spiro atoms. The van der Waals surface area contributed by atoms with Crippen LogP contribution >= 0.6 is 11.6 Å². The van der Waals surface area contributed by atoms with Gasteiger partial charge in [0.05, 0.1) is 5.69 Å². The topological polar surface area (TPSA) is 38.7 Å². The first-order valence-corrected chi connectivity index (χ1v) is 5.51. The predicted molar refractivity (Wildman–Crippen MR) is 64.4 cm³/mol. The summed E-state index contributed by atoms with van der Waals surface area (Å²) in [7, 11) is 0. The van der Waals surface area contributed by atoms with Gasteiger partial charge in [0.2, 0.25) is 0 Å². The van der Waals surface area contributed by atoms with E-state index in [2.05, 4.69) is 15.0 Å². The molecule has 2 rings (SSSR count). The van der Waals surface area contributed by atoms with E-state index in [4.69, 9.17) is 11.6 Å². The molecule has 0 radical (unpaired) electrons. The minimum absolute atomic E-state index is 0.522. The number of pyridine rings is 1. The Hall–Kier alpha value is -1.48. The van der Waals surface area contributed by atoms with Crippen LogP contribution < -0.4 is 0 Å². The summed E-state index contributed by atoms with van der Waals surface area (Å²) in [5.41, 5.74) is 3.94. The maximum absolute atomic E-state index is 6.05. The molecular formula is C12H12ClN3. The Bertz CT molecular complexity index is 511. The van der Waals surface area contributed by atoms with Gasteiger partial charge in [-0.2, -0.15) is 0 Å². The highest BCUT2D eigenvalue weighted by Crippen LogP contribution is 2.25. The molecule has 0 saturated carbocycles.